The van der Waals surface area contributed by atoms with Gasteiger partial charge in [0.1, 0.15) is 0 Å². The van der Waals surface area contributed by atoms with E-state index in [4.69, 9.17) is 0 Å². The fraction of sp³-hybridized carbons (Fsp3) is 0.278. The predicted octanol–water partition coefficient (Wildman–Crippen LogP) is 4.65. The van der Waals surface area contributed by atoms with E-state index in [1.807, 2.05) is 24.3 Å². The van der Waals surface area contributed by atoms with Gasteiger partial charge in [-0.1, -0.05) is 51.1 Å². The van der Waals surface area contributed by atoms with Gasteiger partial charge < -0.3 is 0 Å². The molecule has 7 heteroatoms. The van der Waals surface area contributed by atoms with E-state index in [0.29, 0.717) is 5.82 Å². The molecule has 0 N–H and O–H groups in total. The largest absolute Gasteiger partial charge is 0.416 e. The fourth-order valence-electron chi connectivity index (χ4n) is 2.47. The average molecular weight is 346 g/mol. The second-order valence-electron chi connectivity index (χ2n) is 6.79. The van der Waals surface area contributed by atoms with Gasteiger partial charge in [0.05, 0.1) is 11.3 Å². The van der Waals surface area contributed by atoms with Crippen molar-refractivity contribution in [3.05, 3.63) is 59.7 Å². The van der Waals surface area contributed by atoms with Gasteiger partial charge in [-0.3, -0.25) is 0 Å². The van der Waals surface area contributed by atoms with Crippen molar-refractivity contribution in [2.45, 2.75) is 32.4 Å². The van der Waals surface area contributed by atoms with Crippen LogP contribution in [0, 0.1) is 0 Å². The Kier molecular flexibility index (Phi) is 4.10. The first-order valence-corrected chi connectivity index (χ1v) is 7.73. The van der Waals surface area contributed by atoms with Crippen molar-refractivity contribution < 1.29 is 13.2 Å². The van der Waals surface area contributed by atoms with Gasteiger partial charge >= 0.3 is 6.18 Å². The van der Waals surface area contributed by atoms with Crippen molar-refractivity contribution in [2.75, 3.05) is 0 Å². The lowest BCUT2D eigenvalue weighted by Gasteiger charge is -2.19. The quantitative estimate of drug-likeness (QED) is 0.679. The third-order valence-corrected chi connectivity index (χ3v) is 3.90. The molecule has 25 heavy (non-hydrogen) atoms. The molecule has 0 saturated heterocycles. The SMILES string of the molecule is CC(C)(C)c1ccc(-c2nnnn2-c2cccc(C(F)(F)F)c2)cc1. The fourth-order valence-corrected chi connectivity index (χ4v) is 2.47. The highest BCUT2D eigenvalue weighted by Crippen LogP contribution is 2.31. The number of tetrazole rings is 1. The number of aromatic nitrogens is 4. The summed E-state index contributed by atoms with van der Waals surface area (Å²) in [5.74, 6) is 0.389. The van der Waals surface area contributed by atoms with Gasteiger partial charge in [-0.2, -0.15) is 17.9 Å². The normalized spacial score (nSPS) is 12.4. The van der Waals surface area contributed by atoms with Crippen LogP contribution < -0.4 is 0 Å². The molecule has 3 rings (SSSR count). The van der Waals surface area contributed by atoms with Gasteiger partial charge in [0.15, 0.2) is 5.82 Å². The van der Waals surface area contributed by atoms with Crippen LogP contribution in [0.25, 0.3) is 17.1 Å². The minimum atomic E-state index is -4.42. The first kappa shape index (κ1) is 17.1. The Morgan fingerprint density at radius 3 is 2.16 bits per heavy atom. The van der Waals surface area contributed by atoms with Crippen LogP contribution >= 0.6 is 0 Å². The zero-order valence-corrected chi connectivity index (χ0v) is 14.0. The van der Waals surface area contributed by atoms with E-state index in [9.17, 15) is 13.2 Å². The maximum atomic E-state index is 12.9. The van der Waals surface area contributed by atoms with Gasteiger partial charge in [-0.25, -0.2) is 0 Å². The molecular formula is C18H17F3N4. The molecule has 2 aromatic carbocycles. The molecular weight excluding hydrogens is 329 g/mol. The molecule has 0 atom stereocenters. The average Bonchev–Trinajstić information content (AvgIpc) is 3.03. The predicted molar refractivity (Wildman–Crippen MR) is 88.3 cm³/mol. The molecule has 1 aromatic heterocycles. The summed E-state index contributed by atoms with van der Waals surface area (Å²) in [5, 5.41) is 11.4. The van der Waals surface area contributed by atoms with E-state index in [1.54, 1.807) is 6.07 Å². The Hall–Kier alpha value is -2.70. The Morgan fingerprint density at radius 2 is 1.56 bits per heavy atom. The molecule has 0 unspecified atom stereocenters. The van der Waals surface area contributed by atoms with Crippen molar-refractivity contribution in [3.8, 4) is 17.1 Å². The van der Waals surface area contributed by atoms with Crippen LogP contribution in [0.15, 0.2) is 48.5 Å². The number of hydrogen-bond donors (Lipinski definition) is 0. The first-order chi connectivity index (χ1) is 11.7. The maximum Gasteiger partial charge on any atom is 0.416 e. The van der Waals surface area contributed by atoms with Crippen LogP contribution in [-0.4, -0.2) is 20.2 Å². The molecule has 130 valence electrons. The minimum Gasteiger partial charge on any atom is -0.193 e. The van der Waals surface area contributed by atoms with Gasteiger partial charge in [-0.05, 0) is 39.6 Å². The smallest absolute Gasteiger partial charge is 0.193 e. The Balaban J connectivity index is 2.02. The van der Waals surface area contributed by atoms with Crippen LogP contribution in [0.3, 0.4) is 0 Å². The number of alkyl halides is 3. The lowest BCUT2D eigenvalue weighted by atomic mass is 9.87. The molecule has 0 amide bonds. The topological polar surface area (TPSA) is 43.6 Å². The lowest BCUT2D eigenvalue weighted by Crippen LogP contribution is -2.10. The molecule has 4 nitrogen and oxygen atoms in total. The minimum absolute atomic E-state index is 0.00545. The van der Waals surface area contributed by atoms with E-state index in [2.05, 4.69) is 36.3 Å². The van der Waals surface area contributed by atoms with E-state index in [-0.39, 0.29) is 11.1 Å². The third-order valence-electron chi connectivity index (χ3n) is 3.90. The van der Waals surface area contributed by atoms with Gasteiger partial charge in [-0.15, -0.1) is 5.10 Å². The lowest BCUT2D eigenvalue weighted by molar-refractivity contribution is -0.137. The van der Waals surface area contributed by atoms with Crippen molar-refractivity contribution in [1.82, 2.24) is 20.2 Å². The first-order valence-electron chi connectivity index (χ1n) is 7.73. The highest BCUT2D eigenvalue weighted by molar-refractivity contribution is 5.58. The van der Waals surface area contributed by atoms with Gasteiger partial charge in [0.25, 0.3) is 0 Å². The Bertz CT molecular complexity index is 874. The molecule has 1 heterocycles. The van der Waals surface area contributed by atoms with E-state index < -0.39 is 11.7 Å². The van der Waals surface area contributed by atoms with Crippen LogP contribution in [0.5, 0.6) is 0 Å². The number of halogens is 3. The Labute approximate surface area is 143 Å². The highest BCUT2D eigenvalue weighted by Gasteiger charge is 2.30. The Morgan fingerprint density at radius 1 is 0.880 bits per heavy atom. The summed E-state index contributed by atoms with van der Waals surface area (Å²) >= 11 is 0. The molecule has 0 bridgehead atoms. The number of hydrogen-bond acceptors (Lipinski definition) is 3. The summed E-state index contributed by atoms with van der Waals surface area (Å²) in [6, 6.07) is 12.6. The number of rotatable bonds is 2. The van der Waals surface area contributed by atoms with Crippen molar-refractivity contribution >= 4 is 0 Å². The highest BCUT2D eigenvalue weighted by atomic mass is 19.4. The van der Waals surface area contributed by atoms with Crippen molar-refractivity contribution in [3.63, 3.8) is 0 Å². The summed E-state index contributed by atoms with van der Waals surface area (Å²) in [6.07, 6.45) is -4.42. The summed E-state index contributed by atoms with van der Waals surface area (Å²) in [4.78, 5) is 0. The molecule has 0 fully saturated rings. The van der Waals surface area contributed by atoms with Gasteiger partial charge in [0, 0.05) is 5.56 Å². The molecule has 0 aliphatic rings. The van der Waals surface area contributed by atoms with Crippen LogP contribution in [0.1, 0.15) is 31.9 Å². The van der Waals surface area contributed by atoms with Crippen LogP contribution in [0.4, 0.5) is 13.2 Å². The number of nitrogens with zero attached hydrogens (tertiary/aromatic N) is 4. The molecule has 0 spiro atoms. The zero-order valence-electron chi connectivity index (χ0n) is 14.0. The molecule has 0 aliphatic heterocycles. The zero-order chi connectivity index (χ0) is 18.2. The van der Waals surface area contributed by atoms with Gasteiger partial charge in [0.2, 0.25) is 0 Å². The molecule has 3 aromatic rings. The summed E-state index contributed by atoms with van der Waals surface area (Å²) in [5.41, 5.74) is 1.40. The van der Waals surface area contributed by atoms with E-state index in [0.717, 1.165) is 23.3 Å². The van der Waals surface area contributed by atoms with Crippen LogP contribution in [-0.2, 0) is 11.6 Å². The molecule has 0 radical (unpaired) electrons. The standard InChI is InChI=1S/C18H17F3N4/c1-17(2,3)13-9-7-12(8-10-13)16-22-23-24-25(16)15-6-4-5-14(11-15)18(19,20)21/h4-11H,1-3H3. The second-order valence-corrected chi connectivity index (χ2v) is 6.79. The third kappa shape index (κ3) is 3.55. The maximum absolute atomic E-state index is 12.9. The van der Waals surface area contributed by atoms with Crippen molar-refractivity contribution in [2.24, 2.45) is 0 Å². The monoisotopic (exact) mass is 346 g/mol. The van der Waals surface area contributed by atoms with Crippen molar-refractivity contribution in [1.29, 1.82) is 0 Å². The van der Waals surface area contributed by atoms with E-state index >= 15 is 0 Å². The van der Waals surface area contributed by atoms with E-state index in [1.165, 1.54) is 10.7 Å². The summed E-state index contributed by atoms with van der Waals surface area (Å²) in [6.45, 7) is 6.32. The summed E-state index contributed by atoms with van der Waals surface area (Å²) < 4.78 is 40.1. The van der Waals surface area contributed by atoms with Crippen LogP contribution in [0.2, 0.25) is 0 Å². The summed E-state index contributed by atoms with van der Waals surface area (Å²) in [7, 11) is 0. The number of benzene rings is 2. The second kappa shape index (κ2) is 5.98. The molecule has 0 aliphatic carbocycles. The molecule has 0 saturated carbocycles.